The second-order valence-corrected chi connectivity index (χ2v) is 3.33. The van der Waals surface area contributed by atoms with Gasteiger partial charge in [-0.1, -0.05) is 0 Å². The molecule has 0 bridgehead atoms. The second-order valence-electron chi connectivity index (χ2n) is 1.55. The van der Waals surface area contributed by atoms with E-state index in [1.165, 1.54) is 6.20 Å². The van der Waals surface area contributed by atoms with E-state index in [2.05, 4.69) is 17.9 Å². The largest absolute Gasteiger partial charge is 0.314 e. The number of hydrogen-bond acceptors (Lipinski definition) is 4. The molecule has 1 aromatic rings. The highest BCUT2D eigenvalue weighted by atomic mass is 32.2. The predicted octanol–water partition coefficient (Wildman–Crippen LogP) is -0.177. The van der Waals surface area contributed by atoms with Gasteiger partial charge in [-0.2, -0.15) is 8.42 Å². The highest BCUT2D eigenvalue weighted by Crippen LogP contribution is 2.03. The van der Waals surface area contributed by atoms with Crippen LogP contribution in [0.1, 0.15) is 0 Å². The summed E-state index contributed by atoms with van der Waals surface area (Å²) in [6.07, 6.45) is 1.30. The van der Waals surface area contributed by atoms with Crippen molar-refractivity contribution in [3.63, 3.8) is 0 Å². The maximum Gasteiger partial charge on any atom is 0.314 e. The molecule has 0 aliphatic carbocycles. The fourth-order valence-corrected chi connectivity index (χ4v) is 1.08. The topological polar surface area (TPSA) is 72.2 Å². The van der Waals surface area contributed by atoms with E-state index in [1.807, 2.05) is 0 Å². The third-order valence-corrected chi connectivity index (χ3v) is 1.78. The first-order valence-electron chi connectivity index (χ1n) is 2.22. The monoisotopic (exact) mass is 180 g/mol. The zero-order chi connectivity index (χ0) is 7.78. The molecule has 10 heavy (non-hydrogen) atoms. The molecule has 0 radical (unpaired) electrons. The van der Waals surface area contributed by atoms with E-state index >= 15 is 0 Å². The maximum absolute atomic E-state index is 10.3. The molecule has 0 atom stereocenters. The van der Waals surface area contributed by atoms with E-state index in [0.717, 1.165) is 10.2 Å². The number of thiol groups is 1. The van der Waals surface area contributed by atoms with Crippen molar-refractivity contribution in [1.29, 1.82) is 0 Å². The molecule has 5 nitrogen and oxygen atoms in total. The number of rotatable bonds is 1. The third-order valence-electron chi connectivity index (χ3n) is 0.816. The van der Waals surface area contributed by atoms with Crippen molar-refractivity contribution in [2.24, 2.45) is 0 Å². The molecule has 0 saturated heterocycles. The van der Waals surface area contributed by atoms with Crippen molar-refractivity contribution < 1.29 is 13.0 Å². The summed E-state index contributed by atoms with van der Waals surface area (Å²) in [7, 11) is -4.16. The number of nitrogens with zero attached hydrogens (tertiary/aromatic N) is 2. The molecular formula is C3H4N2O3S2. The molecule has 1 heterocycles. The Morgan fingerprint density at radius 3 is 2.50 bits per heavy atom. The van der Waals surface area contributed by atoms with Gasteiger partial charge >= 0.3 is 10.1 Å². The molecule has 7 heteroatoms. The summed E-state index contributed by atoms with van der Waals surface area (Å²) in [5, 5.41) is 2.92. The van der Waals surface area contributed by atoms with Crippen LogP contribution in [0.4, 0.5) is 0 Å². The molecular weight excluding hydrogens is 176 g/mol. The van der Waals surface area contributed by atoms with Gasteiger partial charge in [-0.25, -0.2) is 4.09 Å². The van der Waals surface area contributed by atoms with Crippen LogP contribution >= 0.6 is 12.8 Å². The van der Waals surface area contributed by atoms with Gasteiger partial charge < -0.3 is 0 Å². The lowest BCUT2D eigenvalue weighted by atomic mass is 10.8. The Morgan fingerprint density at radius 2 is 2.30 bits per heavy atom. The molecule has 1 aromatic heterocycles. The standard InChI is InChI=1S/C3H4N2O3S2/c6-10(7,8)3-1-2-5(9)4-3/h1-2,9H,(H,6,7,8). The van der Waals surface area contributed by atoms with E-state index in [0.29, 0.717) is 0 Å². The first-order chi connectivity index (χ1) is 4.50. The molecule has 0 unspecified atom stereocenters. The van der Waals surface area contributed by atoms with Crippen molar-refractivity contribution in [1.82, 2.24) is 9.19 Å². The van der Waals surface area contributed by atoms with Crippen LogP contribution in [-0.2, 0) is 10.1 Å². The van der Waals surface area contributed by atoms with Gasteiger partial charge in [-0.3, -0.25) is 4.55 Å². The van der Waals surface area contributed by atoms with Gasteiger partial charge in [0.25, 0.3) is 0 Å². The molecule has 0 aromatic carbocycles. The summed E-state index contributed by atoms with van der Waals surface area (Å²) in [6.45, 7) is 0. The fourth-order valence-electron chi connectivity index (χ4n) is 0.436. The average Bonchev–Trinajstić information content (AvgIpc) is 2.11. The van der Waals surface area contributed by atoms with E-state index in [1.54, 1.807) is 0 Å². The highest BCUT2D eigenvalue weighted by molar-refractivity contribution is 7.85. The van der Waals surface area contributed by atoms with Crippen molar-refractivity contribution in [2.75, 3.05) is 0 Å². The SMILES string of the molecule is O=S(=O)(O)c1ccn(S)n1. The van der Waals surface area contributed by atoms with Gasteiger partial charge in [0.1, 0.15) is 0 Å². The Kier molecular flexibility index (Phi) is 1.71. The Labute approximate surface area is 63.0 Å². The summed E-state index contributed by atoms with van der Waals surface area (Å²) in [6, 6.07) is 1.14. The highest BCUT2D eigenvalue weighted by Gasteiger charge is 2.11. The minimum atomic E-state index is -4.16. The number of hydrogen-bond donors (Lipinski definition) is 2. The minimum Gasteiger partial charge on any atom is -0.281 e. The summed E-state index contributed by atoms with van der Waals surface area (Å²) in [5.41, 5.74) is 0. The first kappa shape index (κ1) is 7.58. The van der Waals surface area contributed by atoms with Crippen molar-refractivity contribution in [2.45, 2.75) is 5.03 Å². The zero-order valence-corrected chi connectivity index (χ0v) is 6.38. The maximum atomic E-state index is 10.3. The summed E-state index contributed by atoms with van der Waals surface area (Å²) in [4.78, 5) is 0. The van der Waals surface area contributed by atoms with Crippen molar-refractivity contribution in [3.8, 4) is 0 Å². The summed E-state index contributed by atoms with van der Waals surface area (Å²) < 4.78 is 29.9. The lowest BCUT2D eigenvalue weighted by Crippen LogP contribution is -1.98. The van der Waals surface area contributed by atoms with Gasteiger partial charge in [-0.05, 0) is 18.9 Å². The van der Waals surface area contributed by atoms with E-state index in [9.17, 15) is 8.42 Å². The van der Waals surface area contributed by atoms with Crippen LogP contribution < -0.4 is 0 Å². The van der Waals surface area contributed by atoms with Crippen LogP contribution in [-0.4, -0.2) is 22.2 Å². The lowest BCUT2D eigenvalue weighted by Gasteiger charge is -1.85. The Hall–Kier alpha value is -0.530. The van der Waals surface area contributed by atoms with E-state index in [4.69, 9.17) is 4.55 Å². The Morgan fingerprint density at radius 1 is 1.70 bits per heavy atom. The molecule has 1 rings (SSSR count). The normalized spacial score (nSPS) is 11.8. The molecule has 0 spiro atoms. The minimum absolute atomic E-state index is 0.400. The summed E-state index contributed by atoms with van der Waals surface area (Å²) >= 11 is 3.67. The van der Waals surface area contributed by atoms with Crippen molar-refractivity contribution in [3.05, 3.63) is 12.3 Å². The first-order valence-corrected chi connectivity index (χ1v) is 4.06. The second kappa shape index (κ2) is 2.26. The van der Waals surface area contributed by atoms with Crippen LogP contribution in [0, 0.1) is 0 Å². The Balaban J connectivity index is 3.21. The molecule has 0 amide bonds. The molecule has 0 aliphatic rings. The van der Waals surface area contributed by atoms with Gasteiger partial charge in [0, 0.05) is 6.20 Å². The van der Waals surface area contributed by atoms with Crippen LogP contribution in [0.15, 0.2) is 17.3 Å². The van der Waals surface area contributed by atoms with E-state index < -0.39 is 15.1 Å². The molecule has 0 aliphatic heterocycles. The quantitative estimate of drug-likeness (QED) is 0.464. The third kappa shape index (κ3) is 1.49. The van der Waals surface area contributed by atoms with Crippen LogP contribution in [0.2, 0.25) is 0 Å². The van der Waals surface area contributed by atoms with Crippen LogP contribution in [0.25, 0.3) is 0 Å². The Bertz CT molecular complexity index is 327. The molecule has 1 N–H and O–H groups in total. The molecule has 56 valence electrons. The molecule has 0 fully saturated rings. The van der Waals surface area contributed by atoms with Gasteiger partial charge in [0.15, 0.2) is 0 Å². The number of aromatic nitrogens is 2. The molecule has 0 saturated carbocycles. The van der Waals surface area contributed by atoms with Crippen LogP contribution in [0.3, 0.4) is 0 Å². The summed E-state index contributed by atoms with van der Waals surface area (Å²) in [5.74, 6) is 0. The fraction of sp³-hybridized carbons (Fsp3) is 0. The lowest BCUT2D eigenvalue weighted by molar-refractivity contribution is 0.478. The van der Waals surface area contributed by atoms with Gasteiger partial charge in [-0.15, -0.1) is 5.10 Å². The van der Waals surface area contributed by atoms with Gasteiger partial charge in [0.05, 0.1) is 0 Å². The van der Waals surface area contributed by atoms with Crippen molar-refractivity contribution >= 4 is 22.9 Å². The zero-order valence-electron chi connectivity index (χ0n) is 4.67. The average molecular weight is 180 g/mol. The van der Waals surface area contributed by atoms with Crippen LogP contribution in [0.5, 0.6) is 0 Å². The predicted molar refractivity (Wildman–Crippen MR) is 36.4 cm³/mol. The smallest absolute Gasteiger partial charge is 0.281 e. The van der Waals surface area contributed by atoms with E-state index in [-0.39, 0.29) is 0 Å². The van der Waals surface area contributed by atoms with Gasteiger partial charge in [0.2, 0.25) is 5.03 Å².